The molecule has 0 spiro atoms. The molecule has 0 saturated carbocycles. The molecule has 3 nitrogen and oxygen atoms in total. The summed E-state index contributed by atoms with van der Waals surface area (Å²) in [5, 5.41) is 1.05. The Morgan fingerprint density at radius 2 is 1.83 bits per heavy atom. The number of benzene rings is 2. The van der Waals surface area contributed by atoms with Crippen LogP contribution in [0, 0.1) is 0 Å². The first-order valence-corrected chi connectivity index (χ1v) is 8.06. The smallest absolute Gasteiger partial charge is 0.339 e. The van der Waals surface area contributed by atoms with E-state index in [0.29, 0.717) is 12.2 Å². The maximum absolute atomic E-state index is 12.0. The molecule has 0 radical (unpaired) electrons. The van der Waals surface area contributed by atoms with E-state index in [1.807, 2.05) is 36.4 Å². The van der Waals surface area contributed by atoms with Gasteiger partial charge in [0.15, 0.2) is 0 Å². The summed E-state index contributed by atoms with van der Waals surface area (Å²) < 4.78 is 11.3. The van der Waals surface area contributed by atoms with E-state index in [-0.39, 0.29) is 5.63 Å². The van der Waals surface area contributed by atoms with Gasteiger partial charge in [-0.05, 0) is 42.5 Å². The van der Waals surface area contributed by atoms with Gasteiger partial charge in [-0.15, -0.1) is 0 Å². The Hall–Kier alpha value is -2.55. The van der Waals surface area contributed by atoms with Gasteiger partial charge in [-0.25, -0.2) is 4.79 Å². The van der Waals surface area contributed by atoms with Gasteiger partial charge in [-0.1, -0.05) is 30.3 Å². The average Bonchev–Trinajstić information content (AvgIpc) is 3.06. The molecule has 1 aromatic heterocycles. The van der Waals surface area contributed by atoms with Crippen molar-refractivity contribution in [3.8, 4) is 5.75 Å². The molecule has 1 heterocycles. The Balaban J connectivity index is 1.55. The van der Waals surface area contributed by atoms with Gasteiger partial charge in [0.05, 0.1) is 6.61 Å². The second-order valence-corrected chi connectivity index (χ2v) is 5.94. The highest BCUT2D eigenvalue weighted by atomic mass is 16.5. The molecule has 0 atom stereocenters. The first-order valence-electron chi connectivity index (χ1n) is 8.06. The molecule has 23 heavy (non-hydrogen) atoms. The second kappa shape index (κ2) is 5.92. The van der Waals surface area contributed by atoms with E-state index in [0.717, 1.165) is 47.9 Å². The van der Waals surface area contributed by atoms with Gasteiger partial charge in [0.2, 0.25) is 0 Å². The maximum Gasteiger partial charge on any atom is 0.339 e. The number of fused-ring (bicyclic) bond motifs is 3. The largest absolute Gasteiger partial charge is 0.493 e. The Morgan fingerprint density at radius 3 is 2.70 bits per heavy atom. The third-order valence-corrected chi connectivity index (χ3v) is 4.45. The lowest BCUT2D eigenvalue weighted by Gasteiger charge is -2.08. The van der Waals surface area contributed by atoms with E-state index in [2.05, 4.69) is 12.1 Å². The zero-order valence-electron chi connectivity index (χ0n) is 12.9. The van der Waals surface area contributed by atoms with Crippen LogP contribution in [-0.2, 0) is 19.3 Å². The lowest BCUT2D eigenvalue weighted by atomic mass is 10.1. The van der Waals surface area contributed by atoms with E-state index in [9.17, 15) is 4.79 Å². The van der Waals surface area contributed by atoms with E-state index >= 15 is 0 Å². The molecule has 0 N–H and O–H groups in total. The van der Waals surface area contributed by atoms with Crippen LogP contribution in [0.4, 0.5) is 0 Å². The van der Waals surface area contributed by atoms with Crippen LogP contribution >= 0.6 is 0 Å². The Kier molecular flexibility index (Phi) is 3.62. The number of ether oxygens (including phenoxy) is 1. The van der Waals surface area contributed by atoms with Crippen molar-refractivity contribution in [2.24, 2.45) is 0 Å². The van der Waals surface area contributed by atoms with Gasteiger partial charge in [0.25, 0.3) is 0 Å². The minimum absolute atomic E-state index is 0.188. The van der Waals surface area contributed by atoms with Crippen molar-refractivity contribution < 1.29 is 9.15 Å². The summed E-state index contributed by atoms with van der Waals surface area (Å²) in [6.45, 7) is 0.602. The predicted molar refractivity (Wildman–Crippen MR) is 90.2 cm³/mol. The van der Waals surface area contributed by atoms with Crippen LogP contribution < -0.4 is 10.4 Å². The van der Waals surface area contributed by atoms with Crippen molar-refractivity contribution in [1.82, 2.24) is 0 Å². The molecular formula is C20H18O3. The molecule has 3 heteroatoms. The molecule has 2 aromatic carbocycles. The number of hydrogen-bond acceptors (Lipinski definition) is 3. The monoisotopic (exact) mass is 306 g/mol. The van der Waals surface area contributed by atoms with Gasteiger partial charge in [-0.2, -0.15) is 0 Å². The third-order valence-electron chi connectivity index (χ3n) is 4.45. The van der Waals surface area contributed by atoms with E-state index < -0.39 is 0 Å². The molecule has 0 bridgehead atoms. The lowest BCUT2D eigenvalue weighted by molar-refractivity contribution is 0.322. The highest BCUT2D eigenvalue weighted by Crippen LogP contribution is 2.29. The number of hydrogen-bond donors (Lipinski definition) is 0. The molecule has 116 valence electrons. The third kappa shape index (κ3) is 2.74. The molecular weight excluding hydrogens is 288 g/mol. The van der Waals surface area contributed by atoms with Crippen LogP contribution in [0.1, 0.15) is 23.1 Å². The quantitative estimate of drug-likeness (QED) is 0.686. The zero-order valence-corrected chi connectivity index (χ0v) is 12.9. The van der Waals surface area contributed by atoms with Crippen LogP contribution in [0.25, 0.3) is 11.0 Å². The first kappa shape index (κ1) is 14.1. The Morgan fingerprint density at radius 1 is 1.00 bits per heavy atom. The average molecular weight is 306 g/mol. The van der Waals surface area contributed by atoms with Gasteiger partial charge < -0.3 is 9.15 Å². The lowest BCUT2D eigenvalue weighted by Crippen LogP contribution is -2.07. The van der Waals surface area contributed by atoms with Crippen molar-refractivity contribution in [2.75, 3.05) is 6.61 Å². The molecule has 1 aliphatic carbocycles. The van der Waals surface area contributed by atoms with Crippen molar-refractivity contribution in [1.29, 1.82) is 0 Å². The molecule has 4 rings (SSSR count). The predicted octanol–water partition coefficient (Wildman–Crippen LogP) is 3.90. The topological polar surface area (TPSA) is 39.4 Å². The van der Waals surface area contributed by atoms with Crippen molar-refractivity contribution >= 4 is 11.0 Å². The summed E-state index contributed by atoms with van der Waals surface area (Å²) >= 11 is 0. The summed E-state index contributed by atoms with van der Waals surface area (Å²) in [7, 11) is 0. The van der Waals surface area contributed by atoms with Crippen molar-refractivity contribution in [3.63, 3.8) is 0 Å². The van der Waals surface area contributed by atoms with Gasteiger partial charge in [0, 0.05) is 23.4 Å². The van der Waals surface area contributed by atoms with Gasteiger partial charge in [-0.3, -0.25) is 0 Å². The van der Waals surface area contributed by atoms with E-state index in [1.165, 1.54) is 5.56 Å². The van der Waals surface area contributed by atoms with Crippen molar-refractivity contribution in [3.05, 3.63) is 75.6 Å². The standard InChI is InChI=1S/C20H18O3/c21-20-18-8-4-7-16(18)17-10-9-15(13-19(17)23-20)22-12-11-14-5-2-1-3-6-14/h1-3,5-6,9-10,13H,4,7-8,11-12H2. The SMILES string of the molecule is O=c1oc2cc(OCCc3ccccc3)ccc2c2c1CCC2. The Bertz CT molecular complexity index is 894. The van der Waals surface area contributed by atoms with Crippen LogP contribution in [0.3, 0.4) is 0 Å². The van der Waals surface area contributed by atoms with Crippen LogP contribution in [0.15, 0.2) is 57.7 Å². The normalized spacial score (nSPS) is 13.2. The number of rotatable bonds is 4. The summed E-state index contributed by atoms with van der Waals surface area (Å²) in [6.07, 6.45) is 3.69. The minimum atomic E-state index is -0.188. The molecule has 0 unspecified atom stereocenters. The highest BCUT2D eigenvalue weighted by Gasteiger charge is 2.19. The molecule has 3 aromatic rings. The maximum atomic E-state index is 12.0. The first-order chi connectivity index (χ1) is 11.3. The van der Waals surface area contributed by atoms with Crippen LogP contribution in [0.5, 0.6) is 5.75 Å². The number of aryl methyl sites for hydroxylation is 1. The zero-order chi connectivity index (χ0) is 15.6. The van der Waals surface area contributed by atoms with Gasteiger partial charge >= 0.3 is 5.63 Å². The molecule has 0 amide bonds. The van der Waals surface area contributed by atoms with Crippen LogP contribution in [-0.4, -0.2) is 6.61 Å². The summed E-state index contributed by atoms with van der Waals surface area (Å²) in [5.41, 5.74) is 3.71. The fourth-order valence-corrected chi connectivity index (χ4v) is 3.29. The summed E-state index contributed by atoms with van der Waals surface area (Å²) in [6, 6.07) is 16.1. The summed E-state index contributed by atoms with van der Waals surface area (Å²) in [4.78, 5) is 12.0. The Labute approximate surface area is 134 Å². The molecule has 0 saturated heterocycles. The second-order valence-electron chi connectivity index (χ2n) is 5.94. The van der Waals surface area contributed by atoms with E-state index in [4.69, 9.17) is 9.15 Å². The minimum Gasteiger partial charge on any atom is -0.493 e. The summed E-state index contributed by atoms with van der Waals surface area (Å²) in [5.74, 6) is 0.745. The van der Waals surface area contributed by atoms with E-state index in [1.54, 1.807) is 0 Å². The highest BCUT2D eigenvalue weighted by molar-refractivity contribution is 5.83. The molecule has 1 aliphatic rings. The molecule has 0 fully saturated rings. The molecule has 0 aliphatic heterocycles. The van der Waals surface area contributed by atoms with Gasteiger partial charge in [0.1, 0.15) is 11.3 Å². The fraction of sp³-hybridized carbons (Fsp3) is 0.250. The van der Waals surface area contributed by atoms with Crippen molar-refractivity contribution in [2.45, 2.75) is 25.7 Å². The van der Waals surface area contributed by atoms with Crippen LogP contribution in [0.2, 0.25) is 0 Å². The fourth-order valence-electron chi connectivity index (χ4n) is 3.29.